The van der Waals surface area contributed by atoms with Crippen molar-refractivity contribution in [1.82, 2.24) is 15.2 Å². The first-order valence-corrected chi connectivity index (χ1v) is 16.1. The molecule has 4 aromatic rings. The Labute approximate surface area is 258 Å². The summed E-state index contributed by atoms with van der Waals surface area (Å²) in [5.41, 5.74) is 1.47. The number of hydrogen-bond donors (Lipinski definition) is 2. The van der Waals surface area contributed by atoms with Gasteiger partial charge in [-0.2, -0.15) is 0 Å². The van der Waals surface area contributed by atoms with Gasteiger partial charge in [0.05, 0.1) is 10.6 Å². The van der Waals surface area contributed by atoms with Crippen molar-refractivity contribution in [2.24, 2.45) is 0 Å². The lowest BCUT2D eigenvalue weighted by molar-refractivity contribution is 0.0951. The molecule has 3 aromatic carbocycles. The van der Waals surface area contributed by atoms with Crippen molar-refractivity contribution >= 4 is 43.2 Å². The first kappa shape index (κ1) is 30.5. The molecule has 9 nitrogen and oxygen atoms in total. The van der Waals surface area contributed by atoms with Crippen molar-refractivity contribution in [2.75, 3.05) is 48.9 Å². The lowest BCUT2D eigenvalue weighted by atomic mass is 10.2. The summed E-state index contributed by atoms with van der Waals surface area (Å²) in [6.45, 7) is 5.17. The molecule has 1 aliphatic heterocycles. The molecule has 0 aliphatic carbocycles. The van der Waals surface area contributed by atoms with E-state index >= 15 is 0 Å². The summed E-state index contributed by atoms with van der Waals surface area (Å²) in [5.74, 6) is -0.317. The normalized spacial score (nSPS) is 13.9. The highest BCUT2D eigenvalue weighted by Crippen LogP contribution is 2.32. The third-order valence-corrected chi connectivity index (χ3v) is 8.90. The quantitative estimate of drug-likeness (QED) is 0.203. The fourth-order valence-electron chi connectivity index (χ4n) is 4.68. The van der Waals surface area contributed by atoms with Gasteiger partial charge in [0.1, 0.15) is 11.6 Å². The van der Waals surface area contributed by atoms with Gasteiger partial charge in [0.2, 0.25) is 0 Å². The first-order chi connectivity index (χ1) is 20.8. The minimum absolute atomic E-state index is 0.0523. The number of rotatable bonds is 11. The number of carbonyl (C=O) groups is 1. The predicted molar refractivity (Wildman–Crippen MR) is 168 cm³/mol. The predicted octanol–water partition coefficient (Wildman–Crippen LogP) is 5.52. The number of piperazine rings is 1. The number of anilines is 2. The monoisotopic (exact) mass is 667 g/mol. The minimum Gasteiger partial charge on any atom is -0.455 e. The highest BCUT2D eigenvalue weighted by atomic mass is 79.9. The van der Waals surface area contributed by atoms with Crippen molar-refractivity contribution < 1.29 is 22.3 Å². The third-order valence-electron chi connectivity index (χ3n) is 6.99. The van der Waals surface area contributed by atoms with E-state index in [0.717, 1.165) is 49.7 Å². The maximum atomic E-state index is 14.0. The van der Waals surface area contributed by atoms with E-state index in [2.05, 4.69) is 40.8 Å². The van der Waals surface area contributed by atoms with E-state index in [1.807, 2.05) is 12.1 Å². The molecule has 43 heavy (non-hydrogen) atoms. The van der Waals surface area contributed by atoms with Crippen LogP contribution in [-0.4, -0.2) is 63.5 Å². The van der Waals surface area contributed by atoms with E-state index in [4.69, 9.17) is 4.74 Å². The van der Waals surface area contributed by atoms with Crippen LogP contribution >= 0.6 is 15.9 Å². The molecule has 0 saturated carbocycles. The molecular formula is C31H31BrFN5O4S. The smallest absolute Gasteiger partial charge is 0.262 e. The lowest BCUT2D eigenvalue weighted by Gasteiger charge is -2.36. The highest BCUT2D eigenvalue weighted by molar-refractivity contribution is 9.10. The van der Waals surface area contributed by atoms with Gasteiger partial charge in [-0.1, -0.05) is 15.9 Å². The Hall–Kier alpha value is -4.00. The van der Waals surface area contributed by atoms with E-state index in [9.17, 15) is 17.6 Å². The Morgan fingerprint density at radius 3 is 2.33 bits per heavy atom. The molecule has 5 rings (SSSR count). The van der Waals surface area contributed by atoms with Crippen LogP contribution in [-0.2, 0) is 10.0 Å². The van der Waals surface area contributed by atoms with Crippen LogP contribution in [0.4, 0.5) is 15.8 Å². The van der Waals surface area contributed by atoms with Crippen LogP contribution in [0.1, 0.15) is 16.8 Å². The average Bonchev–Trinajstić information content (AvgIpc) is 3.02. The summed E-state index contributed by atoms with van der Waals surface area (Å²) in [4.78, 5) is 21.4. The van der Waals surface area contributed by atoms with E-state index < -0.39 is 15.8 Å². The van der Waals surface area contributed by atoms with Gasteiger partial charge < -0.3 is 15.0 Å². The van der Waals surface area contributed by atoms with E-state index in [0.29, 0.717) is 17.9 Å². The zero-order valence-electron chi connectivity index (χ0n) is 23.2. The maximum absolute atomic E-state index is 14.0. The number of benzene rings is 3. The fourth-order valence-corrected chi connectivity index (χ4v) is 6.01. The Balaban J connectivity index is 1.11. The molecule has 12 heteroatoms. The van der Waals surface area contributed by atoms with Crippen LogP contribution in [0.25, 0.3) is 0 Å². The van der Waals surface area contributed by atoms with E-state index in [1.165, 1.54) is 42.1 Å². The largest absolute Gasteiger partial charge is 0.455 e. The number of carbonyl (C=O) groups excluding carboxylic acids is 1. The number of nitrogens with one attached hydrogen (secondary N) is 2. The summed E-state index contributed by atoms with van der Waals surface area (Å²) >= 11 is 3.35. The number of aromatic nitrogens is 1. The standard InChI is InChI=1S/C31H31BrFN5O4S/c32-24-4-7-27(8-5-24)42-30-11-6-25(33)22-29(30)36-43(40,41)28-9-2-23(3-10-28)31(39)35-14-1-17-37-18-20-38(21-19-37)26-12-15-34-16-13-26/h2-13,15-16,22,36H,1,14,17-21H2,(H,35,39). The molecule has 0 spiro atoms. The SMILES string of the molecule is O=C(NCCCN1CCN(c2ccncc2)CC1)c1ccc(S(=O)(=O)Nc2cc(F)ccc2Oc2ccc(Br)cc2)cc1. The molecule has 0 unspecified atom stereocenters. The molecule has 2 N–H and O–H groups in total. The number of hydrogen-bond acceptors (Lipinski definition) is 7. The van der Waals surface area contributed by atoms with Gasteiger partial charge in [0.15, 0.2) is 5.75 Å². The molecule has 0 atom stereocenters. The van der Waals surface area contributed by atoms with E-state index in [1.54, 1.807) is 36.7 Å². The number of sulfonamides is 1. The van der Waals surface area contributed by atoms with Gasteiger partial charge >= 0.3 is 0 Å². The molecule has 1 aliphatic rings. The summed E-state index contributed by atoms with van der Waals surface area (Å²) in [6.07, 6.45) is 4.41. The van der Waals surface area contributed by atoms with Crippen molar-refractivity contribution in [3.8, 4) is 11.5 Å². The number of pyridine rings is 1. The van der Waals surface area contributed by atoms with Gasteiger partial charge in [-0.05, 0) is 85.8 Å². The number of amides is 1. The van der Waals surface area contributed by atoms with Crippen molar-refractivity contribution in [2.45, 2.75) is 11.3 Å². The zero-order valence-corrected chi connectivity index (χ0v) is 25.7. The molecule has 0 bridgehead atoms. The summed E-state index contributed by atoms with van der Waals surface area (Å²) in [5, 5.41) is 2.90. The highest BCUT2D eigenvalue weighted by Gasteiger charge is 2.19. The molecule has 1 saturated heterocycles. The zero-order chi connectivity index (χ0) is 30.2. The van der Waals surface area contributed by atoms with Crippen molar-refractivity contribution in [3.63, 3.8) is 0 Å². The van der Waals surface area contributed by atoms with E-state index in [-0.39, 0.29) is 22.2 Å². The molecule has 2 heterocycles. The molecule has 224 valence electrons. The summed E-state index contributed by atoms with van der Waals surface area (Å²) in [6, 6.07) is 20.1. The van der Waals surface area contributed by atoms with Crippen LogP contribution in [0.15, 0.2) is 101 Å². The van der Waals surface area contributed by atoms with Crippen molar-refractivity contribution in [1.29, 1.82) is 0 Å². The Morgan fingerprint density at radius 1 is 0.930 bits per heavy atom. The lowest BCUT2D eigenvalue weighted by Crippen LogP contribution is -2.47. The van der Waals surface area contributed by atoms with Gasteiger partial charge in [0.25, 0.3) is 15.9 Å². The maximum Gasteiger partial charge on any atom is 0.262 e. The van der Waals surface area contributed by atoms with Gasteiger partial charge in [-0.25, -0.2) is 12.8 Å². The summed E-state index contributed by atoms with van der Waals surface area (Å²) in [7, 11) is -4.10. The number of halogens is 2. The van der Waals surface area contributed by atoms with Crippen LogP contribution < -0.4 is 19.7 Å². The topological polar surface area (TPSA) is 104 Å². The Kier molecular flexibility index (Phi) is 9.90. The second-order valence-electron chi connectivity index (χ2n) is 9.97. The average molecular weight is 669 g/mol. The number of nitrogens with zero attached hydrogens (tertiary/aromatic N) is 3. The molecule has 0 radical (unpaired) electrons. The van der Waals surface area contributed by atoms with Gasteiger partial charge in [0, 0.05) is 66.9 Å². The van der Waals surface area contributed by atoms with Crippen LogP contribution in [0.3, 0.4) is 0 Å². The Morgan fingerprint density at radius 2 is 1.63 bits per heavy atom. The Bertz CT molecular complexity index is 1630. The minimum atomic E-state index is -4.10. The third kappa shape index (κ3) is 8.31. The number of ether oxygens (including phenoxy) is 1. The van der Waals surface area contributed by atoms with Gasteiger partial charge in [-0.3, -0.25) is 19.4 Å². The molecule has 1 fully saturated rings. The van der Waals surface area contributed by atoms with Crippen molar-refractivity contribution in [3.05, 3.63) is 107 Å². The second kappa shape index (κ2) is 14.0. The van der Waals surface area contributed by atoms with Crippen LogP contribution in [0.2, 0.25) is 0 Å². The summed E-state index contributed by atoms with van der Waals surface area (Å²) < 4.78 is 49.3. The van der Waals surface area contributed by atoms with Gasteiger partial charge in [-0.15, -0.1) is 0 Å². The molecule has 1 amide bonds. The second-order valence-corrected chi connectivity index (χ2v) is 12.6. The van der Waals surface area contributed by atoms with Crippen LogP contribution in [0, 0.1) is 5.82 Å². The molecular weight excluding hydrogens is 637 g/mol. The molecule has 1 aromatic heterocycles. The fraction of sp³-hybridized carbons (Fsp3) is 0.226. The first-order valence-electron chi connectivity index (χ1n) is 13.8. The van der Waals surface area contributed by atoms with Crippen LogP contribution in [0.5, 0.6) is 11.5 Å².